The molecule has 1 atom stereocenters. The zero-order valence-corrected chi connectivity index (χ0v) is 16.7. The van der Waals surface area contributed by atoms with Crippen molar-refractivity contribution in [2.45, 2.75) is 44.8 Å². The molecule has 29 heavy (non-hydrogen) atoms. The Morgan fingerprint density at radius 2 is 1.79 bits per heavy atom. The molecular weight excluding hydrogens is 360 g/mol. The average molecular weight is 386 g/mol. The standard InChI is InChI=1S/C25H26N2O2/c1-18(27-25(28)15-19-7-9-21(10-8-19)22-11-12-22)24-14-13-23(16-26-24)29-17-20-5-3-2-4-6-20/h2-10,13-14,16,18,22H,11-12,15,17H2,1H3,(H,27,28)/t18-/m1/s1. The monoisotopic (exact) mass is 386 g/mol. The van der Waals surface area contributed by atoms with Gasteiger partial charge in [-0.3, -0.25) is 9.78 Å². The molecule has 4 rings (SSSR count). The summed E-state index contributed by atoms with van der Waals surface area (Å²) in [5, 5.41) is 3.03. The second-order valence-corrected chi connectivity index (χ2v) is 7.67. The third-order valence-electron chi connectivity index (χ3n) is 5.22. The molecule has 0 unspecified atom stereocenters. The van der Waals surface area contributed by atoms with Crippen LogP contribution in [0.1, 0.15) is 54.1 Å². The molecular formula is C25H26N2O2. The van der Waals surface area contributed by atoms with E-state index in [0.29, 0.717) is 18.8 Å². The molecule has 2 aromatic carbocycles. The number of carbonyl (C=O) groups excluding carboxylic acids is 1. The maximum absolute atomic E-state index is 12.4. The molecule has 0 saturated heterocycles. The number of hydrogen-bond donors (Lipinski definition) is 1. The Bertz CT molecular complexity index is 933. The van der Waals surface area contributed by atoms with E-state index < -0.39 is 0 Å². The number of nitrogens with one attached hydrogen (secondary N) is 1. The van der Waals surface area contributed by atoms with Gasteiger partial charge in [-0.25, -0.2) is 0 Å². The number of benzene rings is 2. The first-order chi connectivity index (χ1) is 14.2. The lowest BCUT2D eigenvalue weighted by Gasteiger charge is -2.14. The molecule has 0 aliphatic heterocycles. The number of hydrogen-bond acceptors (Lipinski definition) is 3. The second-order valence-electron chi connectivity index (χ2n) is 7.67. The number of aromatic nitrogens is 1. The van der Waals surface area contributed by atoms with Crippen LogP contribution in [0.3, 0.4) is 0 Å². The minimum atomic E-state index is -0.156. The van der Waals surface area contributed by atoms with E-state index in [9.17, 15) is 4.79 Å². The van der Waals surface area contributed by atoms with E-state index in [1.54, 1.807) is 6.20 Å². The molecule has 0 spiro atoms. The van der Waals surface area contributed by atoms with Gasteiger partial charge in [0, 0.05) is 0 Å². The van der Waals surface area contributed by atoms with E-state index >= 15 is 0 Å². The highest BCUT2D eigenvalue weighted by Crippen LogP contribution is 2.39. The van der Waals surface area contributed by atoms with Gasteiger partial charge >= 0.3 is 0 Å². The molecule has 1 amide bonds. The Morgan fingerprint density at radius 1 is 1.03 bits per heavy atom. The molecule has 148 valence electrons. The highest BCUT2D eigenvalue weighted by atomic mass is 16.5. The van der Waals surface area contributed by atoms with Gasteiger partial charge in [0.15, 0.2) is 0 Å². The minimum Gasteiger partial charge on any atom is -0.487 e. The Morgan fingerprint density at radius 3 is 2.45 bits per heavy atom. The molecule has 1 aliphatic rings. The van der Waals surface area contributed by atoms with Crippen molar-refractivity contribution < 1.29 is 9.53 Å². The molecule has 0 radical (unpaired) electrons. The molecule has 1 heterocycles. The first kappa shape index (κ1) is 19.2. The number of pyridine rings is 1. The molecule has 1 aliphatic carbocycles. The number of nitrogens with zero attached hydrogens (tertiary/aromatic N) is 1. The maximum atomic E-state index is 12.4. The van der Waals surface area contributed by atoms with Gasteiger partial charge < -0.3 is 10.1 Å². The van der Waals surface area contributed by atoms with E-state index in [2.05, 4.69) is 34.6 Å². The molecule has 4 heteroatoms. The van der Waals surface area contributed by atoms with Gasteiger partial charge in [0.25, 0.3) is 0 Å². The number of carbonyl (C=O) groups is 1. The fourth-order valence-electron chi connectivity index (χ4n) is 3.35. The lowest BCUT2D eigenvalue weighted by Crippen LogP contribution is -2.28. The van der Waals surface area contributed by atoms with Crippen LogP contribution in [-0.2, 0) is 17.8 Å². The van der Waals surface area contributed by atoms with E-state index in [0.717, 1.165) is 22.7 Å². The van der Waals surface area contributed by atoms with E-state index in [1.165, 1.54) is 18.4 Å². The van der Waals surface area contributed by atoms with E-state index in [1.807, 2.05) is 49.4 Å². The SMILES string of the molecule is C[C@@H](NC(=O)Cc1ccc(C2CC2)cc1)c1ccc(OCc2ccccc2)cn1. The largest absolute Gasteiger partial charge is 0.487 e. The first-order valence-corrected chi connectivity index (χ1v) is 10.2. The summed E-state index contributed by atoms with van der Waals surface area (Å²) < 4.78 is 5.77. The molecule has 4 nitrogen and oxygen atoms in total. The number of ether oxygens (including phenoxy) is 1. The zero-order valence-electron chi connectivity index (χ0n) is 16.7. The minimum absolute atomic E-state index is 0.00266. The van der Waals surface area contributed by atoms with Crippen molar-refractivity contribution >= 4 is 5.91 Å². The fraction of sp³-hybridized carbons (Fsp3) is 0.280. The number of rotatable bonds is 8. The smallest absolute Gasteiger partial charge is 0.224 e. The van der Waals surface area contributed by atoms with Crippen LogP contribution >= 0.6 is 0 Å². The van der Waals surface area contributed by atoms with Crippen LogP contribution in [0.5, 0.6) is 5.75 Å². The predicted molar refractivity (Wildman–Crippen MR) is 114 cm³/mol. The molecule has 1 fully saturated rings. The highest BCUT2D eigenvalue weighted by Gasteiger charge is 2.23. The maximum Gasteiger partial charge on any atom is 0.224 e. The molecule has 3 aromatic rings. The van der Waals surface area contributed by atoms with Gasteiger partial charge in [-0.05, 0) is 54.5 Å². The Labute approximate surface area is 172 Å². The van der Waals surface area contributed by atoms with Gasteiger partial charge in [0.1, 0.15) is 12.4 Å². The highest BCUT2D eigenvalue weighted by molar-refractivity contribution is 5.79. The summed E-state index contributed by atoms with van der Waals surface area (Å²) >= 11 is 0. The van der Waals surface area contributed by atoms with Gasteiger partial charge in [0.2, 0.25) is 5.91 Å². The lowest BCUT2D eigenvalue weighted by atomic mass is 10.1. The summed E-state index contributed by atoms with van der Waals surface area (Å²) in [6.07, 6.45) is 4.67. The topological polar surface area (TPSA) is 51.2 Å². The van der Waals surface area contributed by atoms with Crippen molar-refractivity contribution in [2.75, 3.05) is 0 Å². The van der Waals surface area contributed by atoms with Crippen LogP contribution in [0, 0.1) is 0 Å². The quantitative estimate of drug-likeness (QED) is 0.595. The van der Waals surface area contributed by atoms with Crippen LogP contribution in [0.15, 0.2) is 72.9 Å². The van der Waals surface area contributed by atoms with Crippen LogP contribution in [0.2, 0.25) is 0 Å². The van der Waals surface area contributed by atoms with Gasteiger partial charge in [-0.1, -0.05) is 54.6 Å². The van der Waals surface area contributed by atoms with Crippen molar-refractivity contribution in [3.63, 3.8) is 0 Å². The van der Waals surface area contributed by atoms with Crippen LogP contribution in [-0.4, -0.2) is 10.9 Å². The number of amides is 1. The van der Waals surface area contributed by atoms with Crippen molar-refractivity contribution in [1.29, 1.82) is 0 Å². The Balaban J connectivity index is 1.27. The third kappa shape index (κ3) is 5.44. The van der Waals surface area contributed by atoms with Crippen molar-refractivity contribution in [1.82, 2.24) is 10.3 Å². The lowest BCUT2D eigenvalue weighted by molar-refractivity contribution is -0.121. The van der Waals surface area contributed by atoms with E-state index in [4.69, 9.17) is 4.74 Å². The Kier molecular flexibility index (Phi) is 5.89. The summed E-state index contributed by atoms with van der Waals surface area (Å²) in [7, 11) is 0. The summed E-state index contributed by atoms with van der Waals surface area (Å²) in [4.78, 5) is 16.8. The molecule has 1 N–H and O–H groups in total. The van der Waals surface area contributed by atoms with Crippen LogP contribution in [0.25, 0.3) is 0 Å². The van der Waals surface area contributed by atoms with Crippen molar-refractivity contribution in [3.05, 3.63) is 95.3 Å². The predicted octanol–water partition coefficient (Wildman–Crippen LogP) is 4.96. The van der Waals surface area contributed by atoms with Crippen LogP contribution in [0.4, 0.5) is 0 Å². The Hall–Kier alpha value is -3.14. The van der Waals surface area contributed by atoms with E-state index in [-0.39, 0.29) is 11.9 Å². The summed E-state index contributed by atoms with van der Waals surface area (Å²) in [5.41, 5.74) is 4.36. The first-order valence-electron chi connectivity index (χ1n) is 10.2. The summed E-state index contributed by atoms with van der Waals surface area (Å²) in [6.45, 7) is 2.45. The zero-order chi connectivity index (χ0) is 20.1. The van der Waals surface area contributed by atoms with Crippen LogP contribution < -0.4 is 10.1 Å². The van der Waals surface area contributed by atoms with Crippen molar-refractivity contribution in [3.8, 4) is 5.75 Å². The second kappa shape index (κ2) is 8.91. The molecule has 1 aromatic heterocycles. The average Bonchev–Trinajstić information content (AvgIpc) is 3.59. The molecule has 0 bridgehead atoms. The third-order valence-corrected chi connectivity index (χ3v) is 5.22. The van der Waals surface area contributed by atoms with Gasteiger partial charge in [-0.2, -0.15) is 0 Å². The summed E-state index contributed by atoms with van der Waals surface area (Å²) in [5.74, 6) is 1.46. The fourth-order valence-corrected chi connectivity index (χ4v) is 3.35. The molecule has 1 saturated carbocycles. The summed E-state index contributed by atoms with van der Waals surface area (Å²) in [6, 6.07) is 22.1. The van der Waals surface area contributed by atoms with Crippen molar-refractivity contribution in [2.24, 2.45) is 0 Å². The van der Waals surface area contributed by atoms with Gasteiger partial charge in [0.05, 0.1) is 24.4 Å². The van der Waals surface area contributed by atoms with Gasteiger partial charge in [-0.15, -0.1) is 0 Å². The normalized spacial score (nSPS) is 14.2.